The van der Waals surface area contributed by atoms with E-state index in [2.05, 4.69) is 5.32 Å². The second-order valence-electron chi connectivity index (χ2n) is 7.15. The lowest BCUT2D eigenvalue weighted by molar-refractivity contribution is -0.128. The fourth-order valence-corrected chi connectivity index (χ4v) is 5.57. The maximum absolute atomic E-state index is 13.5. The first-order valence-corrected chi connectivity index (χ1v) is 11.8. The number of amides is 2. The summed E-state index contributed by atoms with van der Waals surface area (Å²) >= 11 is 9.20. The standard InChI is InChI=1S/C23H21ClN2O2S2/c1-15(22(27)25-13-18-8-5-11-29-18)21-23(28)26(14-16-6-4-7-17(24)12-16)19-9-2-3-10-20(19)30-21/h2-12,15,21H,13-14H2,1H3,(H,25,27)/t15-,21-/m1/s1. The van der Waals surface area contributed by atoms with Gasteiger partial charge in [-0.1, -0.05) is 48.9 Å². The van der Waals surface area contributed by atoms with E-state index in [1.807, 2.05) is 73.0 Å². The number of hydrogen-bond acceptors (Lipinski definition) is 4. The highest BCUT2D eigenvalue weighted by Gasteiger charge is 2.39. The molecule has 30 heavy (non-hydrogen) atoms. The Morgan fingerprint density at radius 1 is 1.17 bits per heavy atom. The zero-order valence-electron chi connectivity index (χ0n) is 16.4. The molecule has 1 aliphatic heterocycles. The van der Waals surface area contributed by atoms with Crippen LogP contribution in [0.2, 0.25) is 5.02 Å². The second kappa shape index (κ2) is 9.25. The molecule has 1 aliphatic rings. The summed E-state index contributed by atoms with van der Waals surface area (Å²) in [7, 11) is 0. The molecule has 2 heterocycles. The molecule has 1 aromatic heterocycles. The Morgan fingerprint density at radius 3 is 2.77 bits per heavy atom. The van der Waals surface area contributed by atoms with Crippen molar-refractivity contribution in [3.05, 3.63) is 81.5 Å². The average Bonchev–Trinajstić information content (AvgIpc) is 3.27. The van der Waals surface area contributed by atoms with Crippen molar-refractivity contribution < 1.29 is 9.59 Å². The van der Waals surface area contributed by atoms with E-state index in [1.54, 1.807) is 16.2 Å². The fourth-order valence-electron chi connectivity index (χ4n) is 3.42. The average molecular weight is 457 g/mol. The molecule has 2 atom stereocenters. The Bertz CT molecular complexity index is 1050. The van der Waals surface area contributed by atoms with Crippen LogP contribution in [0.3, 0.4) is 0 Å². The third-order valence-corrected chi connectivity index (χ3v) is 7.61. The molecule has 4 rings (SSSR count). The number of halogens is 1. The third-order valence-electron chi connectivity index (χ3n) is 5.03. The van der Waals surface area contributed by atoms with Crippen LogP contribution < -0.4 is 10.2 Å². The van der Waals surface area contributed by atoms with Gasteiger partial charge in [0.2, 0.25) is 11.8 Å². The van der Waals surface area contributed by atoms with Crippen LogP contribution in [0.1, 0.15) is 17.4 Å². The Kier molecular flexibility index (Phi) is 6.46. The molecule has 0 unspecified atom stereocenters. The first kappa shape index (κ1) is 21.0. The lowest BCUT2D eigenvalue weighted by Gasteiger charge is -2.35. The molecule has 154 valence electrons. The van der Waals surface area contributed by atoms with Gasteiger partial charge in [-0.15, -0.1) is 23.1 Å². The molecular formula is C23H21ClN2O2S2. The molecule has 2 aromatic carbocycles. The third kappa shape index (κ3) is 4.56. The molecule has 3 aromatic rings. The summed E-state index contributed by atoms with van der Waals surface area (Å²) < 4.78 is 0. The summed E-state index contributed by atoms with van der Waals surface area (Å²) in [5.74, 6) is -0.633. The molecule has 2 amide bonds. The smallest absolute Gasteiger partial charge is 0.241 e. The normalized spacial score (nSPS) is 16.8. The van der Waals surface area contributed by atoms with Crippen molar-refractivity contribution in [2.75, 3.05) is 4.90 Å². The molecule has 0 saturated heterocycles. The molecule has 0 radical (unpaired) electrons. The van der Waals surface area contributed by atoms with Crippen LogP contribution in [0.4, 0.5) is 5.69 Å². The lowest BCUT2D eigenvalue weighted by Crippen LogP contribution is -2.47. The number of nitrogens with zero attached hydrogens (tertiary/aromatic N) is 1. The van der Waals surface area contributed by atoms with Gasteiger partial charge in [0, 0.05) is 14.8 Å². The number of thioether (sulfide) groups is 1. The minimum Gasteiger partial charge on any atom is -0.351 e. The van der Waals surface area contributed by atoms with E-state index in [0.717, 1.165) is 21.0 Å². The second-order valence-corrected chi connectivity index (χ2v) is 9.80. The predicted octanol–water partition coefficient (Wildman–Crippen LogP) is 5.36. The van der Waals surface area contributed by atoms with Crippen molar-refractivity contribution >= 4 is 52.2 Å². The Labute approximate surface area is 189 Å². The van der Waals surface area contributed by atoms with Crippen LogP contribution in [0.5, 0.6) is 0 Å². The number of benzene rings is 2. The van der Waals surface area contributed by atoms with Crippen LogP contribution in [0, 0.1) is 5.92 Å². The predicted molar refractivity (Wildman–Crippen MR) is 124 cm³/mol. The van der Waals surface area contributed by atoms with E-state index in [4.69, 9.17) is 11.6 Å². The Balaban J connectivity index is 1.55. The zero-order valence-corrected chi connectivity index (χ0v) is 18.8. The Morgan fingerprint density at radius 2 is 2.00 bits per heavy atom. The summed E-state index contributed by atoms with van der Waals surface area (Å²) in [4.78, 5) is 30.1. The lowest BCUT2D eigenvalue weighted by atomic mass is 10.0. The number of anilines is 1. The summed E-state index contributed by atoms with van der Waals surface area (Å²) in [6, 6.07) is 19.3. The highest BCUT2D eigenvalue weighted by molar-refractivity contribution is 8.01. The maximum atomic E-state index is 13.5. The number of thiophene rings is 1. The fraction of sp³-hybridized carbons (Fsp3) is 0.217. The molecule has 0 aliphatic carbocycles. The van der Waals surface area contributed by atoms with Gasteiger partial charge in [-0.2, -0.15) is 0 Å². The van der Waals surface area contributed by atoms with Crippen LogP contribution in [-0.4, -0.2) is 17.1 Å². The van der Waals surface area contributed by atoms with E-state index in [0.29, 0.717) is 18.1 Å². The van der Waals surface area contributed by atoms with Crippen molar-refractivity contribution in [2.24, 2.45) is 5.92 Å². The zero-order chi connectivity index (χ0) is 21.1. The Hall–Kier alpha value is -2.28. The first-order chi connectivity index (χ1) is 14.5. The molecule has 7 heteroatoms. The molecule has 0 bridgehead atoms. The number of para-hydroxylation sites is 1. The van der Waals surface area contributed by atoms with Gasteiger partial charge in [0.05, 0.1) is 24.7 Å². The van der Waals surface area contributed by atoms with E-state index in [1.165, 1.54) is 11.8 Å². The summed E-state index contributed by atoms with van der Waals surface area (Å²) in [6.45, 7) is 2.72. The van der Waals surface area contributed by atoms with Crippen molar-refractivity contribution in [1.82, 2.24) is 5.32 Å². The van der Waals surface area contributed by atoms with Gasteiger partial charge in [-0.05, 0) is 41.3 Å². The van der Waals surface area contributed by atoms with Crippen LogP contribution >= 0.6 is 34.7 Å². The van der Waals surface area contributed by atoms with Gasteiger partial charge >= 0.3 is 0 Å². The number of hydrogen-bond donors (Lipinski definition) is 1. The highest BCUT2D eigenvalue weighted by atomic mass is 35.5. The molecule has 0 saturated carbocycles. The van der Waals surface area contributed by atoms with Gasteiger partial charge in [0.15, 0.2) is 0 Å². The molecular weight excluding hydrogens is 436 g/mol. The van der Waals surface area contributed by atoms with Crippen molar-refractivity contribution in [1.29, 1.82) is 0 Å². The van der Waals surface area contributed by atoms with E-state index in [9.17, 15) is 9.59 Å². The molecule has 4 nitrogen and oxygen atoms in total. The largest absolute Gasteiger partial charge is 0.351 e. The first-order valence-electron chi connectivity index (χ1n) is 9.64. The van der Waals surface area contributed by atoms with Crippen LogP contribution in [0.15, 0.2) is 70.9 Å². The minimum absolute atomic E-state index is 0.0579. The SMILES string of the molecule is C[C@@H](C(=O)NCc1cccs1)[C@H]1Sc2ccccc2N(Cc2cccc(Cl)c2)C1=O. The van der Waals surface area contributed by atoms with Gasteiger partial charge in [0.25, 0.3) is 0 Å². The van der Waals surface area contributed by atoms with E-state index in [-0.39, 0.29) is 11.8 Å². The number of nitrogens with one attached hydrogen (secondary N) is 1. The van der Waals surface area contributed by atoms with Crippen LogP contribution in [0.25, 0.3) is 0 Å². The minimum atomic E-state index is -0.484. The summed E-state index contributed by atoms with van der Waals surface area (Å²) in [5, 5.41) is 5.10. The van der Waals surface area contributed by atoms with Crippen molar-refractivity contribution in [3.63, 3.8) is 0 Å². The quantitative estimate of drug-likeness (QED) is 0.543. The highest BCUT2D eigenvalue weighted by Crippen LogP contribution is 2.42. The van der Waals surface area contributed by atoms with Gasteiger partial charge in [-0.25, -0.2) is 0 Å². The van der Waals surface area contributed by atoms with Crippen molar-refractivity contribution in [3.8, 4) is 0 Å². The summed E-state index contributed by atoms with van der Waals surface area (Å²) in [5.41, 5.74) is 1.82. The monoisotopic (exact) mass is 456 g/mol. The number of carbonyl (C=O) groups is 2. The van der Waals surface area contributed by atoms with E-state index < -0.39 is 11.2 Å². The van der Waals surface area contributed by atoms with Gasteiger partial charge < -0.3 is 10.2 Å². The number of carbonyl (C=O) groups excluding carboxylic acids is 2. The number of rotatable bonds is 6. The van der Waals surface area contributed by atoms with Crippen molar-refractivity contribution in [2.45, 2.75) is 30.2 Å². The molecule has 1 N–H and O–H groups in total. The van der Waals surface area contributed by atoms with Crippen LogP contribution in [-0.2, 0) is 22.7 Å². The number of fused-ring (bicyclic) bond motifs is 1. The summed E-state index contributed by atoms with van der Waals surface area (Å²) in [6.07, 6.45) is 0. The molecule has 0 spiro atoms. The maximum Gasteiger partial charge on any atom is 0.241 e. The molecule has 0 fully saturated rings. The van der Waals surface area contributed by atoms with Gasteiger partial charge in [-0.3, -0.25) is 9.59 Å². The van der Waals surface area contributed by atoms with Gasteiger partial charge in [0.1, 0.15) is 5.25 Å². The topological polar surface area (TPSA) is 49.4 Å². The van der Waals surface area contributed by atoms with E-state index >= 15 is 0 Å².